The van der Waals surface area contributed by atoms with Crippen LogP contribution >= 0.6 is 0 Å². The van der Waals surface area contributed by atoms with E-state index in [2.05, 4.69) is 13.8 Å². The molecule has 0 aromatic heterocycles. The van der Waals surface area contributed by atoms with E-state index >= 15 is 0 Å². The maximum Gasteiger partial charge on any atom is 2.00 e. The largest absolute Gasteiger partial charge is 2.00 e. The summed E-state index contributed by atoms with van der Waals surface area (Å²) < 4.78 is 65.9. The zero-order valence-electron chi connectivity index (χ0n) is 56.4. The Balaban J connectivity index is 0.00000164. The van der Waals surface area contributed by atoms with Crippen molar-refractivity contribution in [3.05, 3.63) is 59.7 Å². The number of aryl methyl sites for hydroxylation is 2. The van der Waals surface area contributed by atoms with Crippen LogP contribution in [0.2, 0.25) is 0 Å². The minimum atomic E-state index is -4.33. The van der Waals surface area contributed by atoms with Gasteiger partial charge < -0.3 is 9.11 Å². The molecule has 0 radical (unpaired) electrons. The van der Waals surface area contributed by atoms with Crippen molar-refractivity contribution in [2.75, 3.05) is 0 Å². The molecule has 0 spiro atoms. The Hall–Kier alpha value is -0.480. The van der Waals surface area contributed by atoms with Gasteiger partial charge in [0.15, 0.2) is 0 Å². The number of rotatable bonds is 64. The van der Waals surface area contributed by atoms with E-state index in [1.54, 1.807) is 24.3 Å². The van der Waals surface area contributed by atoms with Gasteiger partial charge in [-0.05, 0) is 61.1 Å². The molecule has 2 aromatic rings. The molecule has 9 heteroatoms. The molecule has 0 aliphatic rings. The Bertz CT molecular complexity index is 1720. The molecule has 0 bridgehead atoms. The van der Waals surface area contributed by atoms with Crippen molar-refractivity contribution >= 4 is 58.0 Å². The Morgan fingerprint density at radius 3 is 0.447 bits per heavy atom. The van der Waals surface area contributed by atoms with Gasteiger partial charge in [0.25, 0.3) is 0 Å². The minimum absolute atomic E-state index is 0. The quantitative estimate of drug-likeness (QED) is 0.0370. The SMILES string of the molecule is CCCCCCCCCCCCCCCCCCCCCCCCCCCCCCCCc1ccc(S(=O)(=O)[O-])cc1.CCCCCCCCCCCCCCCCCCCCCCCCCCCCCCCCc1ccc(S(=O)(=O)[O-])cc1.[Ca+2]. The van der Waals surface area contributed by atoms with Crippen LogP contribution < -0.4 is 0 Å². The molecule has 0 saturated carbocycles. The first-order chi connectivity index (χ1) is 41.1. The van der Waals surface area contributed by atoms with Crippen LogP contribution in [-0.4, -0.2) is 63.7 Å². The molecule has 0 amide bonds. The summed E-state index contributed by atoms with van der Waals surface area (Å²) >= 11 is 0. The van der Waals surface area contributed by atoms with Gasteiger partial charge in [0.2, 0.25) is 0 Å². The minimum Gasteiger partial charge on any atom is -0.744 e. The van der Waals surface area contributed by atoms with Gasteiger partial charge in [0, 0.05) is 0 Å². The average Bonchev–Trinajstić information content (AvgIpc) is 3.66. The summed E-state index contributed by atoms with van der Waals surface area (Å²) in [4.78, 5) is -0.265. The van der Waals surface area contributed by atoms with Crippen molar-refractivity contribution in [3.63, 3.8) is 0 Å². The third kappa shape index (κ3) is 60.8. The van der Waals surface area contributed by atoms with Crippen molar-refractivity contribution < 1.29 is 25.9 Å². The van der Waals surface area contributed by atoms with Crippen LogP contribution in [0.5, 0.6) is 0 Å². The molecule has 0 heterocycles. The van der Waals surface area contributed by atoms with E-state index in [0.29, 0.717) is 0 Å². The molecule has 0 saturated heterocycles. The normalized spacial score (nSPS) is 11.7. The van der Waals surface area contributed by atoms with Crippen molar-refractivity contribution in [2.45, 2.75) is 422 Å². The zero-order valence-corrected chi connectivity index (χ0v) is 60.3. The molecule has 6 nitrogen and oxygen atoms in total. The zero-order chi connectivity index (χ0) is 60.8. The molecule has 492 valence electrons. The van der Waals surface area contributed by atoms with Crippen LogP contribution in [0.4, 0.5) is 0 Å². The average molecular weight is 1250 g/mol. The summed E-state index contributed by atoms with van der Waals surface area (Å²) in [5, 5.41) is 0. The maximum absolute atomic E-state index is 11.0. The first-order valence-corrected chi connectivity index (χ1v) is 40.0. The molecule has 0 unspecified atom stereocenters. The fourth-order valence-corrected chi connectivity index (χ4v) is 13.3. The van der Waals surface area contributed by atoms with E-state index in [1.807, 2.05) is 0 Å². The topological polar surface area (TPSA) is 114 Å². The van der Waals surface area contributed by atoms with Crippen LogP contribution in [0.3, 0.4) is 0 Å². The summed E-state index contributed by atoms with van der Waals surface area (Å²) in [6, 6.07) is 12.8. The van der Waals surface area contributed by atoms with Crippen molar-refractivity contribution in [3.8, 4) is 0 Å². The van der Waals surface area contributed by atoms with Crippen LogP contribution in [0.1, 0.15) is 410 Å². The van der Waals surface area contributed by atoms with Gasteiger partial charge in [-0.2, -0.15) is 0 Å². The van der Waals surface area contributed by atoms with E-state index in [-0.39, 0.29) is 47.5 Å². The van der Waals surface area contributed by atoms with Crippen molar-refractivity contribution in [2.24, 2.45) is 0 Å². The first kappa shape index (κ1) is 84.5. The smallest absolute Gasteiger partial charge is 0.744 e. The summed E-state index contributed by atoms with van der Waals surface area (Å²) in [6.07, 6.45) is 86.9. The summed E-state index contributed by atoms with van der Waals surface area (Å²) in [6.45, 7) is 4.60. The molecule has 2 rings (SSSR count). The standard InChI is InChI=1S/2C38H70O3S.Ca/c2*1-2-3-4-5-6-7-8-9-10-11-12-13-14-15-16-17-18-19-20-21-22-23-24-25-26-27-28-29-30-31-32-37-33-35-38(36-34-37)42(39,40)41;/h2*33-36H,2-32H2,1H3,(H,39,40,41);/q;;+2/p-2. The van der Waals surface area contributed by atoms with Gasteiger partial charge in [-0.15, -0.1) is 0 Å². The Morgan fingerprint density at radius 2 is 0.329 bits per heavy atom. The third-order valence-corrected chi connectivity index (χ3v) is 19.8. The Labute approximate surface area is 560 Å². The number of hydrogen-bond acceptors (Lipinski definition) is 6. The summed E-state index contributed by atoms with van der Waals surface area (Å²) in [5.74, 6) is 0. The summed E-state index contributed by atoms with van der Waals surface area (Å²) in [7, 11) is -8.66. The second-order valence-corrected chi connectivity index (χ2v) is 29.0. The van der Waals surface area contributed by atoms with Gasteiger partial charge in [0.1, 0.15) is 20.2 Å². The molecular weight excluding hydrogens is 1110 g/mol. The molecule has 0 fully saturated rings. The molecule has 85 heavy (non-hydrogen) atoms. The van der Waals surface area contributed by atoms with Crippen molar-refractivity contribution in [1.29, 1.82) is 0 Å². The van der Waals surface area contributed by atoms with E-state index in [9.17, 15) is 25.9 Å². The van der Waals surface area contributed by atoms with Gasteiger partial charge in [-0.1, -0.05) is 411 Å². The summed E-state index contributed by atoms with van der Waals surface area (Å²) in [5.41, 5.74) is 2.23. The number of hydrogen-bond donors (Lipinski definition) is 0. The van der Waals surface area contributed by atoms with E-state index < -0.39 is 20.2 Å². The fraction of sp³-hybridized carbons (Fsp3) is 0.842. The molecule has 0 aliphatic heterocycles. The van der Waals surface area contributed by atoms with Gasteiger partial charge in [-0.25, -0.2) is 16.8 Å². The Morgan fingerprint density at radius 1 is 0.212 bits per heavy atom. The van der Waals surface area contributed by atoms with Crippen LogP contribution in [0, 0.1) is 0 Å². The fourth-order valence-electron chi connectivity index (χ4n) is 12.3. The monoisotopic (exact) mass is 1250 g/mol. The second kappa shape index (κ2) is 65.0. The van der Waals surface area contributed by atoms with Crippen LogP contribution in [0.15, 0.2) is 58.3 Å². The predicted molar refractivity (Wildman–Crippen MR) is 370 cm³/mol. The van der Waals surface area contributed by atoms with Crippen LogP contribution in [0.25, 0.3) is 0 Å². The second-order valence-electron chi connectivity index (χ2n) is 26.2. The van der Waals surface area contributed by atoms with Gasteiger partial charge in [0.05, 0.1) is 9.79 Å². The van der Waals surface area contributed by atoms with E-state index in [4.69, 9.17) is 0 Å². The molecule has 0 atom stereocenters. The molecule has 0 aliphatic carbocycles. The molecular formula is C76H138CaO6S2. The predicted octanol–water partition coefficient (Wildman–Crippen LogP) is 25.3. The first-order valence-electron chi connectivity index (χ1n) is 37.2. The molecule has 0 N–H and O–H groups in total. The molecule has 2 aromatic carbocycles. The van der Waals surface area contributed by atoms with Crippen LogP contribution in [-0.2, 0) is 33.1 Å². The number of unbranched alkanes of at least 4 members (excludes halogenated alkanes) is 58. The van der Waals surface area contributed by atoms with Gasteiger partial charge in [-0.3, -0.25) is 0 Å². The van der Waals surface area contributed by atoms with E-state index in [0.717, 1.165) is 36.8 Å². The van der Waals surface area contributed by atoms with Crippen molar-refractivity contribution in [1.82, 2.24) is 0 Å². The van der Waals surface area contributed by atoms with Gasteiger partial charge >= 0.3 is 37.7 Å². The maximum atomic E-state index is 11.0. The number of benzene rings is 2. The third-order valence-electron chi connectivity index (χ3n) is 18.1. The Kier molecular flexibility index (Phi) is 64.7. The van der Waals surface area contributed by atoms with E-state index in [1.165, 1.54) is 397 Å².